The summed E-state index contributed by atoms with van der Waals surface area (Å²) in [7, 11) is 0. The molecule has 1 saturated heterocycles. The molecule has 5 rings (SSSR count). The number of imidazole rings is 1. The monoisotopic (exact) mass is 488 g/mol. The van der Waals surface area contributed by atoms with E-state index in [4.69, 9.17) is 0 Å². The topological polar surface area (TPSA) is 125 Å². The first kappa shape index (κ1) is 22.5. The zero-order valence-corrected chi connectivity index (χ0v) is 19.8. The molecule has 1 unspecified atom stereocenters. The van der Waals surface area contributed by atoms with Gasteiger partial charge in [-0.3, -0.25) is 23.7 Å². The number of aryl methyl sites for hydroxylation is 2. The van der Waals surface area contributed by atoms with Crippen LogP contribution in [0.2, 0.25) is 0 Å². The molecule has 35 heavy (non-hydrogen) atoms. The molecule has 2 N–H and O–H groups in total. The third-order valence-corrected chi connectivity index (χ3v) is 7.13. The van der Waals surface area contributed by atoms with Crippen molar-refractivity contribution in [2.75, 3.05) is 4.90 Å². The summed E-state index contributed by atoms with van der Waals surface area (Å²) in [6.45, 7) is 4.75. The van der Waals surface area contributed by atoms with E-state index in [1.54, 1.807) is 54.8 Å². The van der Waals surface area contributed by atoms with E-state index >= 15 is 0 Å². The third-order valence-electron chi connectivity index (χ3n) is 5.87. The van der Waals surface area contributed by atoms with E-state index in [1.165, 1.54) is 24.0 Å². The van der Waals surface area contributed by atoms with Gasteiger partial charge < -0.3 is 10.2 Å². The van der Waals surface area contributed by atoms with E-state index in [9.17, 15) is 24.6 Å². The van der Waals surface area contributed by atoms with Crippen LogP contribution in [0.25, 0.3) is 11.4 Å². The molecule has 1 aliphatic rings. The number of aliphatic hydroxyl groups is 1. The molecule has 1 aliphatic heterocycles. The number of benzene rings is 1. The molecule has 4 heterocycles. The fourth-order valence-electron chi connectivity index (χ4n) is 4.38. The minimum atomic E-state index is -1.08. The molecule has 1 atom stereocenters. The second-order valence-electron chi connectivity index (χ2n) is 8.21. The molecule has 0 spiro atoms. The van der Waals surface area contributed by atoms with Crippen molar-refractivity contribution in [3.63, 3.8) is 0 Å². The number of phenols is 1. The predicted octanol–water partition coefficient (Wildman–Crippen LogP) is 3.94. The number of hydrogen-bond acceptors (Lipinski definition) is 8. The number of aromatic hydroxyl groups is 1. The lowest BCUT2D eigenvalue weighted by atomic mass is 9.96. The molecule has 1 aromatic carbocycles. The number of thiazole rings is 1. The van der Waals surface area contributed by atoms with Crippen molar-refractivity contribution in [3.05, 3.63) is 81.8 Å². The van der Waals surface area contributed by atoms with Gasteiger partial charge >= 0.3 is 5.91 Å². The van der Waals surface area contributed by atoms with Crippen LogP contribution in [0.5, 0.6) is 5.75 Å². The summed E-state index contributed by atoms with van der Waals surface area (Å²) < 4.78 is 1.64. The first-order valence-electron chi connectivity index (χ1n) is 10.7. The Morgan fingerprint density at radius 3 is 2.51 bits per heavy atom. The molecular formula is C25H20N4O5S. The van der Waals surface area contributed by atoms with Crippen molar-refractivity contribution in [1.29, 1.82) is 0 Å². The van der Waals surface area contributed by atoms with Crippen molar-refractivity contribution in [3.8, 4) is 5.75 Å². The van der Waals surface area contributed by atoms with Crippen LogP contribution >= 0.6 is 11.3 Å². The molecule has 176 valence electrons. The molecule has 1 amide bonds. The van der Waals surface area contributed by atoms with Crippen molar-refractivity contribution < 1.29 is 24.6 Å². The van der Waals surface area contributed by atoms with Gasteiger partial charge in [-0.15, -0.1) is 0 Å². The highest BCUT2D eigenvalue weighted by molar-refractivity contribution is 7.18. The minimum absolute atomic E-state index is 0.0705. The summed E-state index contributed by atoms with van der Waals surface area (Å²) in [5, 5.41) is 21.8. The summed E-state index contributed by atoms with van der Waals surface area (Å²) >= 11 is 0.998. The second kappa shape index (κ2) is 8.17. The van der Waals surface area contributed by atoms with Crippen molar-refractivity contribution >= 4 is 45.3 Å². The Balaban J connectivity index is 1.79. The SMILES string of the molecule is CC(=O)c1sc(N2C(=O)C(=O)/C(=C(/O)c3c(C)nc4ccccn34)C2c2cccc(O)c2)nc1C. The molecule has 1 fully saturated rings. The summed E-state index contributed by atoms with van der Waals surface area (Å²) in [5.41, 5.74) is 1.99. The number of aromatic nitrogens is 3. The van der Waals surface area contributed by atoms with Gasteiger partial charge in [0.1, 0.15) is 17.1 Å². The number of hydrogen-bond donors (Lipinski definition) is 2. The van der Waals surface area contributed by atoms with Crippen molar-refractivity contribution in [2.24, 2.45) is 0 Å². The van der Waals surface area contributed by atoms with Crippen molar-refractivity contribution in [1.82, 2.24) is 14.4 Å². The number of pyridine rings is 1. The number of carbonyl (C=O) groups is 3. The minimum Gasteiger partial charge on any atom is -0.508 e. The number of ketones is 2. The zero-order valence-electron chi connectivity index (χ0n) is 19.0. The van der Waals surface area contributed by atoms with E-state index in [0.717, 1.165) is 11.3 Å². The zero-order chi connectivity index (χ0) is 25.0. The Morgan fingerprint density at radius 1 is 1.06 bits per heavy atom. The van der Waals surface area contributed by atoms with Crippen molar-refractivity contribution in [2.45, 2.75) is 26.8 Å². The first-order valence-corrected chi connectivity index (χ1v) is 11.5. The van der Waals surface area contributed by atoms with Gasteiger partial charge in [-0.2, -0.15) is 0 Å². The molecule has 3 aromatic heterocycles. The highest BCUT2D eigenvalue weighted by atomic mass is 32.1. The summed E-state index contributed by atoms with van der Waals surface area (Å²) in [6, 6.07) is 10.4. The third kappa shape index (κ3) is 3.50. The van der Waals surface area contributed by atoms with Crippen LogP contribution in [-0.4, -0.2) is 42.1 Å². The molecule has 0 radical (unpaired) electrons. The van der Waals surface area contributed by atoms with E-state index in [1.807, 2.05) is 0 Å². The average molecular weight is 489 g/mol. The Kier molecular flexibility index (Phi) is 5.25. The fourth-order valence-corrected chi connectivity index (χ4v) is 5.37. The summed E-state index contributed by atoms with van der Waals surface area (Å²) in [4.78, 5) is 49.1. The quantitative estimate of drug-likeness (QED) is 0.193. The molecular weight excluding hydrogens is 468 g/mol. The van der Waals surface area contributed by atoms with Gasteiger partial charge in [-0.05, 0) is 43.7 Å². The maximum absolute atomic E-state index is 13.4. The number of carbonyl (C=O) groups excluding carboxylic acids is 3. The Hall–Kier alpha value is -4.31. The average Bonchev–Trinajstić information content (AvgIpc) is 3.44. The van der Waals surface area contributed by atoms with Gasteiger partial charge in [0.15, 0.2) is 16.7 Å². The van der Waals surface area contributed by atoms with Crippen LogP contribution in [0.3, 0.4) is 0 Å². The number of rotatable bonds is 4. The summed E-state index contributed by atoms with van der Waals surface area (Å²) in [6.07, 6.45) is 1.70. The van der Waals surface area contributed by atoms with Crippen LogP contribution in [0.15, 0.2) is 54.2 Å². The lowest BCUT2D eigenvalue weighted by Crippen LogP contribution is -2.29. The summed E-state index contributed by atoms with van der Waals surface area (Å²) in [5.74, 6) is -2.47. The highest BCUT2D eigenvalue weighted by Gasteiger charge is 2.49. The second-order valence-corrected chi connectivity index (χ2v) is 9.18. The largest absolute Gasteiger partial charge is 0.508 e. The van der Waals surface area contributed by atoms with Crippen LogP contribution < -0.4 is 4.90 Å². The molecule has 10 heteroatoms. The molecule has 0 saturated carbocycles. The van der Waals surface area contributed by atoms with Crippen LogP contribution in [0.1, 0.15) is 45.3 Å². The van der Waals surface area contributed by atoms with Gasteiger partial charge in [0, 0.05) is 13.1 Å². The van der Waals surface area contributed by atoms with Crippen LogP contribution in [0.4, 0.5) is 5.13 Å². The fraction of sp³-hybridized carbons (Fsp3) is 0.160. The number of amides is 1. The normalized spacial score (nSPS) is 17.5. The van der Waals surface area contributed by atoms with E-state index in [0.29, 0.717) is 27.5 Å². The first-order chi connectivity index (χ1) is 16.7. The molecule has 4 aromatic rings. The van der Waals surface area contributed by atoms with E-state index in [-0.39, 0.29) is 27.9 Å². The Bertz CT molecular complexity index is 1580. The number of Topliss-reactive ketones (excluding diaryl/α,β-unsaturated/α-hetero) is 2. The van der Waals surface area contributed by atoms with E-state index < -0.39 is 23.5 Å². The Labute approximate surface area is 203 Å². The molecule has 9 nitrogen and oxygen atoms in total. The highest BCUT2D eigenvalue weighted by Crippen LogP contribution is 2.44. The number of anilines is 1. The number of aliphatic hydroxyl groups excluding tert-OH is 1. The van der Waals surface area contributed by atoms with Gasteiger partial charge in [0.05, 0.1) is 27.9 Å². The molecule has 0 aliphatic carbocycles. The van der Waals surface area contributed by atoms with Gasteiger partial charge in [-0.1, -0.05) is 29.5 Å². The lowest BCUT2D eigenvalue weighted by Gasteiger charge is -2.23. The van der Waals surface area contributed by atoms with E-state index in [2.05, 4.69) is 9.97 Å². The maximum atomic E-state index is 13.4. The number of nitrogens with zero attached hydrogens (tertiary/aromatic N) is 4. The van der Waals surface area contributed by atoms with Gasteiger partial charge in [0.2, 0.25) is 0 Å². The predicted molar refractivity (Wildman–Crippen MR) is 130 cm³/mol. The van der Waals surface area contributed by atoms with Crippen LogP contribution in [-0.2, 0) is 9.59 Å². The lowest BCUT2D eigenvalue weighted by molar-refractivity contribution is -0.132. The smallest absolute Gasteiger partial charge is 0.301 e. The van der Waals surface area contributed by atoms with Gasteiger partial charge in [-0.25, -0.2) is 9.97 Å². The number of fused-ring (bicyclic) bond motifs is 1. The Morgan fingerprint density at radius 2 is 1.83 bits per heavy atom. The number of phenolic OH excluding ortho intramolecular Hbond substituents is 1. The molecule has 0 bridgehead atoms. The maximum Gasteiger partial charge on any atom is 0.301 e. The van der Waals surface area contributed by atoms with Gasteiger partial charge in [0.25, 0.3) is 5.78 Å². The standard InChI is InChI=1S/C25H20N4O5S/c1-12-19(28-10-5-4-9-17(28)26-12)21(32)18-20(15-7-6-8-16(31)11-15)29(24(34)22(18)33)25-27-13(2)23(35-25)14(3)30/h4-11,20,31-32H,1-3H3/b21-18+. The van der Waals surface area contributed by atoms with Crippen LogP contribution in [0, 0.1) is 13.8 Å².